The summed E-state index contributed by atoms with van der Waals surface area (Å²) in [6, 6.07) is 9.53. The van der Waals surface area contributed by atoms with Crippen molar-refractivity contribution in [1.29, 1.82) is 0 Å². The maximum atomic E-state index is 6.17. The Morgan fingerprint density at radius 3 is 2.72 bits per heavy atom. The SMILES string of the molecule is CNCc1ccc(Oc2ccc(C)nc2)c(Cl)c1. The lowest BCUT2D eigenvalue weighted by Crippen LogP contribution is -2.04. The Hall–Kier alpha value is -1.58. The Bertz CT molecular complexity index is 526. The summed E-state index contributed by atoms with van der Waals surface area (Å²) in [4.78, 5) is 4.17. The highest BCUT2D eigenvalue weighted by Gasteiger charge is 2.04. The molecule has 0 bridgehead atoms. The van der Waals surface area contributed by atoms with Crippen molar-refractivity contribution in [3.63, 3.8) is 0 Å². The predicted molar refractivity (Wildman–Crippen MR) is 73.3 cm³/mol. The molecule has 1 heterocycles. The summed E-state index contributed by atoms with van der Waals surface area (Å²) in [6.07, 6.45) is 1.69. The summed E-state index contributed by atoms with van der Waals surface area (Å²) in [5.74, 6) is 1.33. The van der Waals surface area contributed by atoms with Crippen molar-refractivity contribution < 1.29 is 4.74 Å². The highest BCUT2D eigenvalue weighted by atomic mass is 35.5. The summed E-state index contributed by atoms with van der Waals surface area (Å²) in [5, 5.41) is 3.68. The third kappa shape index (κ3) is 3.22. The number of pyridine rings is 1. The van der Waals surface area contributed by atoms with Crippen LogP contribution in [0.15, 0.2) is 36.5 Å². The number of hydrogen-bond donors (Lipinski definition) is 1. The van der Waals surface area contributed by atoms with Crippen molar-refractivity contribution in [2.24, 2.45) is 0 Å². The van der Waals surface area contributed by atoms with Crippen LogP contribution in [0.25, 0.3) is 0 Å². The second-order valence-electron chi connectivity index (χ2n) is 4.03. The zero-order valence-corrected chi connectivity index (χ0v) is 11.2. The summed E-state index contributed by atoms with van der Waals surface area (Å²) < 4.78 is 5.68. The van der Waals surface area contributed by atoms with Crippen LogP contribution in [0.5, 0.6) is 11.5 Å². The molecule has 0 spiro atoms. The topological polar surface area (TPSA) is 34.1 Å². The second kappa shape index (κ2) is 5.85. The molecule has 0 fully saturated rings. The van der Waals surface area contributed by atoms with Gasteiger partial charge in [-0.1, -0.05) is 17.7 Å². The molecule has 0 aliphatic rings. The minimum absolute atomic E-state index is 0.600. The fraction of sp³-hybridized carbons (Fsp3) is 0.214. The van der Waals surface area contributed by atoms with Crippen LogP contribution in [0.2, 0.25) is 5.02 Å². The van der Waals surface area contributed by atoms with Gasteiger partial charge in [0, 0.05) is 12.2 Å². The summed E-state index contributed by atoms with van der Waals surface area (Å²) >= 11 is 6.17. The molecule has 4 heteroatoms. The van der Waals surface area contributed by atoms with E-state index in [-0.39, 0.29) is 0 Å². The molecule has 0 aliphatic heterocycles. The molecule has 0 saturated heterocycles. The van der Waals surface area contributed by atoms with Crippen LogP contribution in [0, 0.1) is 6.92 Å². The predicted octanol–water partition coefficient (Wildman–Crippen LogP) is 3.56. The highest BCUT2D eigenvalue weighted by molar-refractivity contribution is 6.32. The molecule has 0 amide bonds. The number of rotatable bonds is 4. The lowest BCUT2D eigenvalue weighted by atomic mass is 10.2. The van der Waals surface area contributed by atoms with Crippen LogP contribution < -0.4 is 10.1 Å². The van der Waals surface area contributed by atoms with Gasteiger partial charge >= 0.3 is 0 Å². The van der Waals surface area contributed by atoms with E-state index in [9.17, 15) is 0 Å². The molecule has 94 valence electrons. The summed E-state index contributed by atoms with van der Waals surface area (Å²) in [5.41, 5.74) is 2.08. The summed E-state index contributed by atoms with van der Waals surface area (Å²) in [7, 11) is 1.90. The Morgan fingerprint density at radius 1 is 1.28 bits per heavy atom. The first-order valence-electron chi connectivity index (χ1n) is 5.72. The van der Waals surface area contributed by atoms with Gasteiger partial charge in [0.25, 0.3) is 0 Å². The average Bonchev–Trinajstić information content (AvgIpc) is 2.36. The molecule has 2 aromatic rings. The zero-order chi connectivity index (χ0) is 13.0. The van der Waals surface area contributed by atoms with Crippen LogP contribution in [-0.4, -0.2) is 12.0 Å². The lowest BCUT2D eigenvalue weighted by Gasteiger charge is -2.09. The maximum Gasteiger partial charge on any atom is 0.146 e. The number of nitrogens with one attached hydrogen (secondary N) is 1. The first kappa shape index (κ1) is 12.9. The van der Waals surface area contributed by atoms with Gasteiger partial charge in [-0.15, -0.1) is 0 Å². The van der Waals surface area contributed by atoms with Gasteiger partial charge in [-0.05, 0) is 43.8 Å². The van der Waals surface area contributed by atoms with Crippen molar-refractivity contribution in [3.05, 3.63) is 52.8 Å². The monoisotopic (exact) mass is 262 g/mol. The van der Waals surface area contributed by atoms with Crippen molar-refractivity contribution in [2.75, 3.05) is 7.05 Å². The van der Waals surface area contributed by atoms with Gasteiger partial charge < -0.3 is 10.1 Å². The van der Waals surface area contributed by atoms with Crippen molar-refractivity contribution in [2.45, 2.75) is 13.5 Å². The number of benzene rings is 1. The van der Waals surface area contributed by atoms with Crippen LogP contribution in [0.3, 0.4) is 0 Å². The maximum absolute atomic E-state index is 6.17. The Kier molecular flexibility index (Phi) is 4.18. The Balaban J connectivity index is 2.16. The number of hydrogen-bond acceptors (Lipinski definition) is 3. The van der Waals surface area contributed by atoms with Crippen LogP contribution >= 0.6 is 11.6 Å². The Labute approximate surface area is 112 Å². The molecule has 3 nitrogen and oxygen atoms in total. The van der Waals surface area contributed by atoms with Gasteiger partial charge in [0.15, 0.2) is 0 Å². The average molecular weight is 263 g/mol. The van der Waals surface area contributed by atoms with Gasteiger partial charge in [0.1, 0.15) is 11.5 Å². The summed E-state index contributed by atoms with van der Waals surface area (Å²) in [6.45, 7) is 2.72. The molecule has 0 radical (unpaired) electrons. The van der Waals surface area contributed by atoms with Gasteiger partial charge in [0.05, 0.1) is 11.2 Å². The molecule has 0 atom stereocenters. The van der Waals surface area contributed by atoms with E-state index < -0.39 is 0 Å². The third-order valence-corrected chi connectivity index (χ3v) is 2.78. The van der Waals surface area contributed by atoms with Crippen molar-refractivity contribution in [3.8, 4) is 11.5 Å². The van der Waals surface area contributed by atoms with Crippen molar-refractivity contribution in [1.82, 2.24) is 10.3 Å². The van der Waals surface area contributed by atoms with Gasteiger partial charge in [-0.25, -0.2) is 0 Å². The fourth-order valence-corrected chi connectivity index (χ4v) is 1.82. The molecule has 1 N–H and O–H groups in total. The largest absolute Gasteiger partial charge is 0.454 e. The molecule has 0 aliphatic carbocycles. The van der Waals surface area contributed by atoms with Crippen LogP contribution in [0.4, 0.5) is 0 Å². The van der Waals surface area contributed by atoms with E-state index in [1.807, 2.05) is 44.3 Å². The normalized spacial score (nSPS) is 10.4. The smallest absolute Gasteiger partial charge is 0.146 e. The molecular formula is C14H15ClN2O. The first-order valence-corrected chi connectivity index (χ1v) is 6.10. The van der Waals surface area contributed by atoms with E-state index >= 15 is 0 Å². The molecular weight excluding hydrogens is 248 g/mol. The fourth-order valence-electron chi connectivity index (χ4n) is 1.58. The zero-order valence-electron chi connectivity index (χ0n) is 10.4. The van der Waals surface area contributed by atoms with Gasteiger partial charge in [-0.3, -0.25) is 4.98 Å². The molecule has 0 unspecified atom stereocenters. The number of nitrogens with zero attached hydrogens (tertiary/aromatic N) is 1. The molecule has 18 heavy (non-hydrogen) atoms. The minimum atomic E-state index is 0.600. The standard InChI is InChI=1S/C14H15ClN2O/c1-10-3-5-12(9-17-10)18-14-6-4-11(8-16-2)7-13(14)15/h3-7,9,16H,8H2,1-2H3. The third-order valence-electron chi connectivity index (χ3n) is 2.49. The van der Waals surface area contributed by atoms with E-state index in [1.165, 1.54) is 0 Å². The van der Waals surface area contributed by atoms with E-state index in [1.54, 1.807) is 6.20 Å². The number of ether oxygens (including phenoxy) is 1. The first-order chi connectivity index (χ1) is 8.69. The second-order valence-corrected chi connectivity index (χ2v) is 4.44. The van der Waals surface area contributed by atoms with Gasteiger partial charge in [-0.2, -0.15) is 0 Å². The lowest BCUT2D eigenvalue weighted by molar-refractivity contribution is 0.480. The number of halogens is 1. The van der Waals surface area contributed by atoms with E-state index in [0.717, 1.165) is 17.8 Å². The quantitative estimate of drug-likeness (QED) is 0.915. The minimum Gasteiger partial charge on any atom is -0.454 e. The molecule has 2 rings (SSSR count). The van der Waals surface area contributed by atoms with Gasteiger partial charge in [0.2, 0.25) is 0 Å². The number of aryl methyl sites for hydroxylation is 1. The Morgan fingerprint density at radius 2 is 2.11 bits per heavy atom. The number of aromatic nitrogens is 1. The van der Waals surface area contributed by atoms with Crippen LogP contribution in [0.1, 0.15) is 11.3 Å². The van der Waals surface area contributed by atoms with E-state index in [0.29, 0.717) is 16.5 Å². The van der Waals surface area contributed by atoms with E-state index in [2.05, 4.69) is 10.3 Å². The van der Waals surface area contributed by atoms with Crippen LogP contribution in [-0.2, 0) is 6.54 Å². The molecule has 1 aromatic carbocycles. The molecule has 0 saturated carbocycles. The highest BCUT2D eigenvalue weighted by Crippen LogP contribution is 2.29. The van der Waals surface area contributed by atoms with Crippen molar-refractivity contribution >= 4 is 11.6 Å². The van der Waals surface area contributed by atoms with E-state index in [4.69, 9.17) is 16.3 Å². The molecule has 1 aromatic heterocycles.